The third-order valence-electron chi connectivity index (χ3n) is 3.73. The number of benzene rings is 1. The van der Waals surface area contributed by atoms with Crippen molar-refractivity contribution < 1.29 is 5.11 Å². The number of hydrogen-bond donors (Lipinski definition) is 1. The molecule has 19 heavy (non-hydrogen) atoms. The molecule has 0 unspecified atom stereocenters. The minimum Gasteiger partial charge on any atom is -0.396 e. The van der Waals surface area contributed by atoms with E-state index in [1.165, 1.54) is 0 Å². The average molecular weight is 278 g/mol. The number of nitrogens with zero attached hydrogens (tertiary/aromatic N) is 3. The number of para-hydroxylation sites is 1. The van der Waals surface area contributed by atoms with Crippen LogP contribution in [0.15, 0.2) is 24.3 Å². The van der Waals surface area contributed by atoms with Gasteiger partial charge in [0, 0.05) is 25.1 Å². The number of aromatic nitrogens is 2. The Labute approximate surface area is 117 Å². The van der Waals surface area contributed by atoms with E-state index in [2.05, 4.69) is 14.9 Å². The number of aliphatic hydroxyl groups is 1. The van der Waals surface area contributed by atoms with E-state index in [9.17, 15) is 5.11 Å². The van der Waals surface area contributed by atoms with Crippen molar-refractivity contribution in [3.63, 3.8) is 0 Å². The molecule has 2 aromatic rings. The molecule has 0 amide bonds. The number of hydrogen-bond acceptors (Lipinski definition) is 4. The number of anilines is 1. The van der Waals surface area contributed by atoms with Crippen molar-refractivity contribution in [2.75, 3.05) is 24.6 Å². The lowest BCUT2D eigenvalue weighted by atomic mass is 9.98. The molecule has 1 N–H and O–H groups in total. The molecule has 0 saturated carbocycles. The zero-order valence-corrected chi connectivity index (χ0v) is 11.3. The molecule has 4 nitrogen and oxygen atoms in total. The van der Waals surface area contributed by atoms with Gasteiger partial charge in [0.05, 0.1) is 5.52 Å². The summed E-state index contributed by atoms with van der Waals surface area (Å²) in [5.74, 6) is 1.33. The quantitative estimate of drug-likeness (QED) is 0.857. The van der Waals surface area contributed by atoms with E-state index in [1.54, 1.807) is 0 Å². The van der Waals surface area contributed by atoms with Gasteiger partial charge in [0.15, 0.2) is 0 Å². The van der Waals surface area contributed by atoms with Crippen LogP contribution in [0.5, 0.6) is 0 Å². The molecule has 2 heterocycles. The second kappa shape index (κ2) is 5.31. The van der Waals surface area contributed by atoms with Crippen molar-refractivity contribution in [1.82, 2.24) is 9.97 Å². The summed E-state index contributed by atoms with van der Waals surface area (Å²) >= 11 is 6.01. The van der Waals surface area contributed by atoms with Gasteiger partial charge in [0.1, 0.15) is 5.82 Å². The Kier molecular flexibility index (Phi) is 3.53. The fraction of sp³-hybridized carbons (Fsp3) is 0.429. The van der Waals surface area contributed by atoms with Gasteiger partial charge in [-0.25, -0.2) is 4.98 Å². The van der Waals surface area contributed by atoms with E-state index in [1.807, 2.05) is 24.3 Å². The maximum Gasteiger partial charge on any atom is 0.224 e. The van der Waals surface area contributed by atoms with E-state index in [4.69, 9.17) is 11.6 Å². The lowest BCUT2D eigenvalue weighted by Crippen LogP contribution is -2.35. The summed E-state index contributed by atoms with van der Waals surface area (Å²) < 4.78 is 0. The molecule has 3 rings (SSSR count). The number of piperidine rings is 1. The van der Waals surface area contributed by atoms with Crippen molar-refractivity contribution in [2.24, 2.45) is 5.92 Å². The monoisotopic (exact) mass is 277 g/mol. The van der Waals surface area contributed by atoms with Crippen molar-refractivity contribution in [2.45, 2.75) is 12.8 Å². The second-order valence-electron chi connectivity index (χ2n) is 4.95. The summed E-state index contributed by atoms with van der Waals surface area (Å²) in [7, 11) is 0. The molecule has 100 valence electrons. The van der Waals surface area contributed by atoms with Crippen LogP contribution >= 0.6 is 11.6 Å². The Balaban J connectivity index is 1.96. The van der Waals surface area contributed by atoms with Crippen LogP contribution in [0.1, 0.15) is 12.8 Å². The number of rotatable bonds is 2. The van der Waals surface area contributed by atoms with Gasteiger partial charge in [-0.1, -0.05) is 12.1 Å². The molecule has 1 fully saturated rings. The summed E-state index contributed by atoms with van der Waals surface area (Å²) in [5.41, 5.74) is 0.877. The average Bonchev–Trinajstić information content (AvgIpc) is 2.46. The fourth-order valence-electron chi connectivity index (χ4n) is 2.60. The Bertz CT molecular complexity index is 582. The van der Waals surface area contributed by atoms with Crippen LogP contribution < -0.4 is 4.90 Å². The van der Waals surface area contributed by atoms with Gasteiger partial charge in [0.25, 0.3) is 0 Å². The summed E-state index contributed by atoms with van der Waals surface area (Å²) in [4.78, 5) is 10.9. The first kappa shape index (κ1) is 12.6. The lowest BCUT2D eigenvalue weighted by molar-refractivity contribution is 0.203. The molecule has 0 aliphatic carbocycles. The molecule has 1 saturated heterocycles. The van der Waals surface area contributed by atoms with Gasteiger partial charge in [-0.15, -0.1) is 0 Å². The van der Waals surface area contributed by atoms with Crippen molar-refractivity contribution in [1.29, 1.82) is 0 Å². The van der Waals surface area contributed by atoms with Crippen molar-refractivity contribution in [3.05, 3.63) is 29.5 Å². The summed E-state index contributed by atoms with van der Waals surface area (Å²) in [6.07, 6.45) is 1.99. The van der Waals surface area contributed by atoms with Crippen molar-refractivity contribution in [3.8, 4) is 0 Å². The van der Waals surface area contributed by atoms with Gasteiger partial charge in [-0.2, -0.15) is 4.98 Å². The van der Waals surface area contributed by atoms with Gasteiger partial charge in [-0.05, 0) is 42.5 Å². The van der Waals surface area contributed by atoms with Gasteiger partial charge in [-0.3, -0.25) is 0 Å². The number of aliphatic hydroxyl groups excluding tert-OH is 1. The van der Waals surface area contributed by atoms with Crippen LogP contribution in [0, 0.1) is 5.92 Å². The Morgan fingerprint density at radius 1 is 1.21 bits per heavy atom. The van der Waals surface area contributed by atoms with Gasteiger partial charge < -0.3 is 10.0 Å². The molecular weight excluding hydrogens is 262 g/mol. The SMILES string of the molecule is OCC1CCN(c2nc(Cl)nc3ccccc23)CC1. The third kappa shape index (κ3) is 2.51. The van der Waals surface area contributed by atoms with Crippen LogP contribution in [0.3, 0.4) is 0 Å². The highest BCUT2D eigenvalue weighted by Crippen LogP contribution is 2.28. The fourth-order valence-corrected chi connectivity index (χ4v) is 2.77. The molecule has 1 aromatic heterocycles. The zero-order valence-electron chi connectivity index (χ0n) is 10.6. The maximum atomic E-state index is 9.20. The molecule has 5 heteroatoms. The Morgan fingerprint density at radius 3 is 2.68 bits per heavy atom. The van der Waals surface area contributed by atoms with Gasteiger partial charge in [0.2, 0.25) is 5.28 Å². The summed E-state index contributed by atoms with van der Waals surface area (Å²) in [6, 6.07) is 7.92. The van der Waals surface area contributed by atoms with Crippen LogP contribution in [0.4, 0.5) is 5.82 Å². The minimum atomic E-state index is 0.277. The molecule has 1 aliphatic heterocycles. The topological polar surface area (TPSA) is 49.2 Å². The Hall–Kier alpha value is -1.39. The van der Waals surface area contributed by atoms with E-state index >= 15 is 0 Å². The highest BCUT2D eigenvalue weighted by molar-refractivity contribution is 6.28. The van der Waals surface area contributed by atoms with E-state index in [-0.39, 0.29) is 11.9 Å². The number of halogens is 1. The molecule has 0 bridgehead atoms. The van der Waals surface area contributed by atoms with Gasteiger partial charge >= 0.3 is 0 Å². The first-order valence-electron chi connectivity index (χ1n) is 6.56. The largest absolute Gasteiger partial charge is 0.396 e. The molecule has 0 spiro atoms. The van der Waals surface area contributed by atoms with Crippen LogP contribution in [0.25, 0.3) is 10.9 Å². The summed E-state index contributed by atoms with van der Waals surface area (Å²) in [6.45, 7) is 2.09. The third-order valence-corrected chi connectivity index (χ3v) is 3.90. The highest BCUT2D eigenvalue weighted by Gasteiger charge is 2.21. The molecular formula is C14H16ClN3O. The number of fused-ring (bicyclic) bond motifs is 1. The standard InChI is InChI=1S/C14H16ClN3O/c15-14-16-12-4-2-1-3-11(12)13(17-14)18-7-5-10(9-19)6-8-18/h1-4,10,19H,5-9H2. The first-order valence-corrected chi connectivity index (χ1v) is 6.94. The lowest BCUT2D eigenvalue weighted by Gasteiger charge is -2.32. The molecule has 1 aliphatic rings. The molecule has 1 aromatic carbocycles. The van der Waals surface area contributed by atoms with Crippen molar-refractivity contribution >= 4 is 28.3 Å². The molecule has 0 atom stereocenters. The predicted molar refractivity (Wildman–Crippen MR) is 76.6 cm³/mol. The smallest absolute Gasteiger partial charge is 0.224 e. The normalized spacial score (nSPS) is 17.1. The zero-order chi connectivity index (χ0) is 13.2. The maximum absolute atomic E-state index is 9.20. The van der Waals surface area contributed by atoms with E-state index < -0.39 is 0 Å². The summed E-state index contributed by atoms with van der Waals surface area (Å²) in [5, 5.41) is 10.5. The van der Waals surface area contributed by atoms with Crippen LogP contribution in [-0.4, -0.2) is 34.8 Å². The van der Waals surface area contributed by atoms with Crippen LogP contribution in [-0.2, 0) is 0 Å². The predicted octanol–water partition coefficient (Wildman–Crippen LogP) is 2.49. The molecule has 0 radical (unpaired) electrons. The first-order chi connectivity index (χ1) is 9.28. The van der Waals surface area contributed by atoms with Crippen LogP contribution in [0.2, 0.25) is 5.28 Å². The minimum absolute atomic E-state index is 0.277. The highest BCUT2D eigenvalue weighted by atomic mass is 35.5. The van der Waals surface area contributed by atoms with E-state index in [0.717, 1.165) is 42.7 Å². The second-order valence-corrected chi connectivity index (χ2v) is 5.28. The Morgan fingerprint density at radius 2 is 1.95 bits per heavy atom. The van der Waals surface area contributed by atoms with E-state index in [0.29, 0.717) is 5.92 Å².